The Morgan fingerprint density at radius 3 is 2.46 bits per heavy atom. The molecule has 0 bridgehead atoms. The molecular weight excluding hydrogens is 551 g/mol. The molecule has 1 aromatic heterocycles. The van der Waals surface area contributed by atoms with Crippen molar-refractivity contribution in [2.24, 2.45) is 0 Å². The maximum absolute atomic E-state index is 13.5. The van der Waals surface area contributed by atoms with Gasteiger partial charge in [-0.25, -0.2) is 0 Å². The molecule has 0 fully saturated rings. The number of nitrogens with one attached hydrogen (secondary N) is 2. The van der Waals surface area contributed by atoms with Crippen LogP contribution in [0.2, 0.25) is 0 Å². The van der Waals surface area contributed by atoms with Gasteiger partial charge in [0.05, 0.1) is 23.5 Å². The molecule has 0 radical (unpaired) electrons. The van der Waals surface area contributed by atoms with Crippen LogP contribution in [0.4, 0.5) is 18.9 Å². The summed E-state index contributed by atoms with van der Waals surface area (Å²) in [5.41, 5.74) is 1.38. The Bertz CT molecular complexity index is 1730. The van der Waals surface area contributed by atoms with Gasteiger partial charge in [-0.05, 0) is 59.7 Å². The highest BCUT2D eigenvalue weighted by molar-refractivity contribution is 7.99. The largest absolute Gasteiger partial charge is 0.416 e. The third-order valence-electron chi connectivity index (χ3n) is 6.21. The van der Waals surface area contributed by atoms with Crippen molar-refractivity contribution in [1.82, 2.24) is 20.1 Å². The molecule has 1 heterocycles. The van der Waals surface area contributed by atoms with Gasteiger partial charge in [0.15, 0.2) is 11.0 Å². The number of benzene rings is 4. The molecule has 7 nitrogen and oxygen atoms in total. The fourth-order valence-corrected chi connectivity index (χ4v) is 5.09. The SMILES string of the molecule is Cc1cccc(NC(=O)CSc2nnc(CNC(=O)c3cccc4ccccc34)n2-c2cccc(C(F)(F)F)c2)c1. The zero-order valence-electron chi connectivity index (χ0n) is 21.8. The minimum atomic E-state index is -4.56. The number of alkyl halides is 3. The Morgan fingerprint density at radius 2 is 1.66 bits per heavy atom. The minimum Gasteiger partial charge on any atom is -0.345 e. The maximum Gasteiger partial charge on any atom is 0.416 e. The number of hydrogen-bond acceptors (Lipinski definition) is 5. The number of aryl methyl sites for hydroxylation is 1. The van der Waals surface area contributed by atoms with E-state index >= 15 is 0 Å². The summed E-state index contributed by atoms with van der Waals surface area (Å²) in [6, 6.07) is 24.9. The van der Waals surface area contributed by atoms with Crippen LogP contribution in [0.25, 0.3) is 16.5 Å². The minimum absolute atomic E-state index is 0.0621. The van der Waals surface area contributed by atoms with E-state index in [1.807, 2.05) is 55.5 Å². The molecule has 5 aromatic rings. The molecule has 2 N–H and O–H groups in total. The third kappa shape index (κ3) is 6.58. The van der Waals surface area contributed by atoms with E-state index in [1.54, 1.807) is 18.2 Å². The van der Waals surface area contributed by atoms with E-state index in [0.29, 0.717) is 11.3 Å². The topological polar surface area (TPSA) is 88.9 Å². The van der Waals surface area contributed by atoms with E-state index in [2.05, 4.69) is 20.8 Å². The highest BCUT2D eigenvalue weighted by Crippen LogP contribution is 2.32. The monoisotopic (exact) mass is 575 g/mol. The number of fused-ring (bicyclic) bond motifs is 1. The van der Waals surface area contributed by atoms with E-state index in [1.165, 1.54) is 16.7 Å². The Labute approximate surface area is 237 Å². The molecule has 0 unspecified atom stereocenters. The molecule has 5 rings (SSSR count). The first-order chi connectivity index (χ1) is 19.7. The van der Waals surface area contributed by atoms with Crippen LogP contribution in [-0.4, -0.2) is 32.3 Å². The van der Waals surface area contributed by atoms with E-state index < -0.39 is 11.7 Å². The second-order valence-electron chi connectivity index (χ2n) is 9.20. The standard InChI is InChI=1S/C30H24F3N5O2S/c1-19-7-4-11-22(15-19)35-27(39)18-41-29-37-36-26(38(29)23-12-6-10-21(16-23)30(31,32)33)17-34-28(40)25-14-5-9-20-8-2-3-13-24(20)25/h2-16H,17-18H2,1H3,(H,34,40)(H,35,39). The summed E-state index contributed by atoms with van der Waals surface area (Å²) in [4.78, 5) is 25.7. The number of anilines is 1. The fraction of sp³-hybridized carbons (Fsp3) is 0.133. The summed E-state index contributed by atoms with van der Waals surface area (Å²) in [6.07, 6.45) is -4.56. The summed E-state index contributed by atoms with van der Waals surface area (Å²) in [6.45, 7) is 1.80. The van der Waals surface area contributed by atoms with E-state index in [9.17, 15) is 22.8 Å². The number of rotatable bonds is 8. The van der Waals surface area contributed by atoms with E-state index in [4.69, 9.17) is 0 Å². The Kier molecular flexibility index (Phi) is 8.06. The van der Waals surface area contributed by atoms with Crippen LogP contribution in [0, 0.1) is 6.92 Å². The predicted octanol–water partition coefficient (Wildman–Crippen LogP) is 6.41. The van der Waals surface area contributed by atoms with Gasteiger partial charge < -0.3 is 10.6 Å². The molecule has 208 valence electrons. The zero-order valence-corrected chi connectivity index (χ0v) is 22.6. The number of carbonyl (C=O) groups is 2. The van der Waals surface area contributed by atoms with Crippen LogP contribution in [0.15, 0.2) is 96.2 Å². The lowest BCUT2D eigenvalue weighted by atomic mass is 10.0. The van der Waals surface area contributed by atoms with Gasteiger partial charge in [-0.15, -0.1) is 10.2 Å². The van der Waals surface area contributed by atoms with Gasteiger partial charge in [-0.3, -0.25) is 14.2 Å². The van der Waals surface area contributed by atoms with Crippen LogP contribution in [-0.2, 0) is 17.5 Å². The summed E-state index contributed by atoms with van der Waals surface area (Å²) >= 11 is 1.02. The second kappa shape index (κ2) is 11.8. The summed E-state index contributed by atoms with van der Waals surface area (Å²) < 4.78 is 42.0. The first-order valence-electron chi connectivity index (χ1n) is 12.6. The van der Waals surface area contributed by atoms with Crippen LogP contribution < -0.4 is 10.6 Å². The molecule has 41 heavy (non-hydrogen) atoms. The molecule has 0 atom stereocenters. The van der Waals surface area contributed by atoms with Crippen molar-refractivity contribution in [1.29, 1.82) is 0 Å². The molecule has 2 amide bonds. The van der Waals surface area contributed by atoms with Crippen molar-refractivity contribution in [2.45, 2.75) is 24.8 Å². The van der Waals surface area contributed by atoms with Gasteiger partial charge in [-0.2, -0.15) is 13.2 Å². The molecular formula is C30H24F3N5O2S. The number of halogens is 3. The van der Waals surface area contributed by atoms with Gasteiger partial charge in [0.1, 0.15) is 0 Å². The smallest absolute Gasteiger partial charge is 0.345 e. The lowest BCUT2D eigenvalue weighted by molar-refractivity contribution is -0.137. The number of thioether (sulfide) groups is 1. The lowest BCUT2D eigenvalue weighted by Crippen LogP contribution is -2.25. The summed E-state index contributed by atoms with van der Waals surface area (Å²) in [5.74, 6) is -0.537. The fourth-order valence-electron chi connectivity index (χ4n) is 4.32. The van der Waals surface area contributed by atoms with E-state index in [-0.39, 0.29) is 40.8 Å². The predicted molar refractivity (Wildman–Crippen MR) is 152 cm³/mol. The number of hydrogen-bond donors (Lipinski definition) is 2. The number of amides is 2. The molecule has 0 saturated carbocycles. The average molecular weight is 576 g/mol. The molecule has 0 aliphatic heterocycles. The highest BCUT2D eigenvalue weighted by Gasteiger charge is 2.31. The van der Waals surface area contributed by atoms with Crippen molar-refractivity contribution >= 4 is 40.0 Å². The van der Waals surface area contributed by atoms with Crippen LogP contribution in [0.1, 0.15) is 27.3 Å². The number of aromatic nitrogens is 3. The molecule has 0 aliphatic carbocycles. The Morgan fingerprint density at radius 1 is 0.902 bits per heavy atom. The van der Waals surface area contributed by atoms with Gasteiger partial charge in [0.2, 0.25) is 5.91 Å². The average Bonchev–Trinajstić information content (AvgIpc) is 3.37. The molecule has 0 spiro atoms. The summed E-state index contributed by atoms with van der Waals surface area (Å²) in [5, 5.41) is 15.8. The summed E-state index contributed by atoms with van der Waals surface area (Å²) in [7, 11) is 0. The zero-order chi connectivity index (χ0) is 29.0. The second-order valence-corrected chi connectivity index (χ2v) is 10.1. The van der Waals surface area contributed by atoms with Gasteiger partial charge in [0.25, 0.3) is 5.91 Å². The number of carbonyl (C=O) groups excluding carboxylic acids is 2. The van der Waals surface area contributed by atoms with Crippen molar-refractivity contribution in [3.05, 3.63) is 114 Å². The van der Waals surface area contributed by atoms with Crippen molar-refractivity contribution < 1.29 is 22.8 Å². The van der Waals surface area contributed by atoms with Gasteiger partial charge >= 0.3 is 6.18 Å². The Balaban J connectivity index is 1.40. The Hall–Kier alpha value is -4.64. The van der Waals surface area contributed by atoms with Crippen LogP contribution in [0.3, 0.4) is 0 Å². The van der Waals surface area contributed by atoms with Crippen molar-refractivity contribution in [3.63, 3.8) is 0 Å². The van der Waals surface area contributed by atoms with Gasteiger partial charge in [0, 0.05) is 11.3 Å². The lowest BCUT2D eigenvalue weighted by Gasteiger charge is -2.14. The normalized spacial score (nSPS) is 11.4. The van der Waals surface area contributed by atoms with Gasteiger partial charge in [-0.1, -0.05) is 66.4 Å². The maximum atomic E-state index is 13.5. The molecule has 4 aromatic carbocycles. The van der Waals surface area contributed by atoms with E-state index in [0.717, 1.165) is 40.2 Å². The number of nitrogens with zero attached hydrogens (tertiary/aromatic N) is 3. The molecule has 11 heteroatoms. The first kappa shape index (κ1) is 27.9. The quantitative estimate of drug-likeness (QED) is 0.209. The highest BCUT2D eigenvalue weighted by atomic mass is 32.2. The first-order valence-corrected chi connectivity index (χ1v) is 13.5. The van der Waals surface area contributed by atoms with Crippen LogP contribution >= 0.6 is 11.8 Å². The molecule has 0 aliphatic rings. The van der Waals surface area contributed by atoms with Crippen molar-refractivity contribution in [3.8, 4) is 5.69 Å². The third-order valence-corrected chi connectivity index (χ3v) is 7.14. The van der Waals surface area contributed by atoms with Crippen LogP contribution in [0.5, 0.6) is 0 Å². The molecule has 0 saturated heterocycles. The van der Waals surface area contributed by atoms with Crippen molar-refractivity contribution in [2.75, 3.05) is 11.1 Å².